The van der Waals surface area contributed by atoms with E-state index in [0.29, 0.717) is 32.6 Å². The first-order chi connectivity index (χ1) is 15.4. The number of rotatable bonds is 6. The average molecular weight is 475 g/mol. The zero-order valence-electron chi connectivity index (χ0n) is 16.4. The van der Waals surface area contributed by atoms with Crippen LogP contribution in [0.25, 0.3) is 21.8 Å². The maximum Gasteiger partial charge on any atom is 0.341 e. The van der Waals surface area contributed by atoms with Crippen LogP contribution in [0.15, 0.2) is 60.9 Å². The molecular formula is C22H16Cl2N2O6. The lowest BCUT2D eigenvalue weighted by atomic mass is 10.2. The van der Waals surface area contributed by atoms with E-state index in [0.717, 1.165) is 10.8 Å². The van der Waals surface area contributed by atoms with Crippen LogP contribution in [0, 0.1) is 0 Å². The standard InChI is InChI=1S/2C11H8ClNO3/c2*12-8-3-4-9(16-6-10(14)15)11-7(8)2-1-5-13-11/h2*1-5H,6H2,(H,14,15). The second kappa shape index (κ2) is 10.6. The fourth-order valence-electron chi connectivity index (χ4n) is 2.74. The molecule has 8 nitrogen and oxygen atoms in total. The number of aliphatic carboxylic acids is 2. The molecule has 0 atom stereocenters. The van der Waals surface area contributed by atoms with Crippen molar-refractivity contribution in [3.8, 4) is 11.5 Å². The summed E-state index contributed by atoms with van der Waals surface area (Å²) in [5, 5.41) is 19.7. The number of pyridine rings is 2. The van der Waals surface area contributed by atoms with Gasteiger partial charge in [-0.1, -0.05) is 23.2 Å². The Morgan fingerprint density at radius 1 is 0.719 bits per heavy atom. The van der Waals surface area contributed by atoms with E-state index in [2.05, 4.69) is 9.97 Å². The number of hydrogen-bond donors (Lipinski definition) is 2. The van der Waals surface area contributed by atoms with Crippen molar-refractivity contribution < 1.29 is 29.3 Å². The number of hydrogen-bond acceptors (Lipinski definition) is 6. The Balaban J connectivity index is 0.000000181. The number of benzene rings is 2. The van der Waals surface area contributed by atoms with Crippen molar-refractivity contribution in [3.05, 3.63) is 71.0 Å². The van der Waals surface area contributed by atoms with E-state index in [4.69, 9.17) is 42.9 Å². The summed E-state index contributed by atoms with van der Waals surface area (Å²) in [7, 11) is 0. The fraction of sp³-hybridized carbons (Fsp3) is 0.0909. The van der Waals surface area contributed by atoms with E-state index in [1.807, 2.05) is 0 Å². The third-order valence-corrected chi connectivity index (χ3v) is 4.72. The summed E-state index contributed by atoms with van der Waals surface area (Å²) in [5.41, 5.74) is 1.13. The van der Waals surface area contributed by atoms with Crippen LogP contribution >= 0.6 is 23.2 Å². The van der Waals surface area contributed by atoms with Crippen LogP contribution in [-0.4, -0.2) is 45.3 Å². The number of nitrogens with zero attached hydrogens (tertiary/aromatic N) is 2. The number of aromatic nitrogens is 2. The largest absolute Gasteiger partial charge is 0.480 e. The summed E-state index contributed by atoms with van der Waals surface area (Å²) >= 11 is 12.0. The molecule has 10 heteroatoms. The van der Waals surface area contributed by atoms with E-state index in [1.54, 1.807) is 60.9 Å². The average Bonchev–Trinajstić information content (AvgIpc) is 2.79. The Bertz CT molecular complexity index is 1180. The van der Waals surface area contributed by atoms with Crippen LogP contribution in [0.5, 0.6) is 11.5 Å². The Labute approximate surface area is 192 Å². The van der Waals surface area contributed by atoms with Gasteiger partial charge < -0.3 is 19.7 Å². The molecule has 2 aromatic carbocycles. The molecule has 2 heterocycles. The first-order valence-corrected chi connectivity index (χ1v) is 9.88. The lowest BCUT2D eigenvalue weighted by molar-refractivity contribution is -0.140. The summed E-state index contributed by atoms with van der Waals surface area (Å²) in [5.74, 6) is -1.22. The molecule has 0 amide bonds. The Hall–Kier alpha value is -3.62. The quantitative estimate of drug-likeness (QED) is 0.412. The Kier molecular flexibility index (Phi) is 7.64. The van der Waals surface area contributed by atoms with Crippen LogP contribution < -0.4 is 9.47 Å². The van der Waals surface area contributed by atoms with Gasteiger partial charge in [0.2, 0.25) is 0 Å². The van der Waals surface area contributed by atoms with Crippen LogP contribution in [0.3, 0.4) is 0 Å². The van der Waals surface area contributed by atoms with Gasteiger partial charge in [0, 0.05) is 23.2 Å². The second-order valence-corrected chi connectivity index (χ2v) is 7.07. The molecule has 2 aromatic heterocycles. The van der Waals surface area contributed by atoms with Gasteiger partial charge in [0.05, 0.1) is 10.0 Å². The summed E-state index contributed by atoms with van der Waals surface area (Å²) in [6.07, 6.45) is 3.21. The maximum absolute atomic E-state index is 10.4. The zero-order chi connectivity index (χ0) is 23.1. The number of carboxylic acids is 2. The predicted molar refractivity (Wildman–Crippen MR) is 120 cm³/mol. The van der Waals surface area contributed by atoms with Gasteiger partial charge in [0.25, 0.3) is 0 Å². The molecule has 0 aliphatic heterocycles. The highest BCUT2D eigenvalue weighted by Crippen LogP contribution is 2.30. The minimum atomic E-state index is -1.03. The normalized spacial score (nSPS) is 10.3. The van der Waals surface area contributed by atoms with Gasteiger partial charge in [-0.05, 0) is 48.5 Å². The molecule has 0 saturated heterocycles. The molecular weight excluding hydrogens is 459 g/mol. The highest BCUT2D eigenvalue weighted by atomic mass is 35.5. The van der Waals surface area contributed by atoms with E-state index >= 15 is 0 Å². The van der Waals surface area contributed by atoms with Gasteiger partial charge in [0.1, 0.15) is 22.5 Å². The molecule has 0 aliphatic rings. The zero-order valence-corrected chi connectivity index (χ0v) is 17.9. The number of carbonyl (C=O) groups is 2. The van der Waals surface area contributed by atoms with Crippen molar-refractivity contribution in [2.45, 2.75) is 0 Å². The highest BCUT2D eigenvalue weighted by Gasteiger charge is 2.09. The second-order valence-electron chi connectivity index (χ2n) is 6.26. The van der Waals surface area contributed by atoms with E-state index in [9.17, 15) is 9.59 Å². The van der Waals surface area contributed by atoms with Crippen LogP contribution in [0.4, 0.5) is 0 Å². The van der Waals surface area contributed by atoms with Crippen LogP contribution in [-0.2, 0) is 9.59 Å². The third kappa shape index (κ3) is 5.75. The monoisotopic (exact) mass is 474 g/mol. The highest BCUT2D eigenvalue weighted by molar-refractivity contribution is 6.36. The molecule has 0 bridgehead atoms. The van der Waals surface area contributed by atoms with Crippen molar-refractivity contribution in [2.75, 3.05) is 13.2 Å². The fourth-order valence-corrected chi connectivity index (χ4v) is 3.17. The topological polar surface area (TPSA) is 119 Å². The van der Waals surface area contributed by atoms with Gasteiger partial charge in [-0.25, -0.2) is 9.59 Å². The molecule has 32 heavy (non-hydrogen) atoms. The number of carboxylic acid groups (broad SMARTS) is 2. The lowest BCUT2D eigenvalue weighted by Gasteiger charge is -2.07. The summed E-state index contributed by atoms with van der Waals surface area (Å²) < 4.78 is 10.2. The van der Waals surface area contributed by atoms with E-state index in [1.165, 1.54) is 0 Å². The van der Waals surface area contributed by atoms with Crippen molar-refractivity contribution in [2.24, 2.45) is 0 Å². The minimum Gasteiger partial charge on any atom is -0.480 e. The maximum atomic E-state index is 10.4. The van der Waals surface area contributed by atoms with Gasteiger partial charge in [-0.3, -0.25) is 9.97 Å². The van der Waals surface area contributed by atoms with Gasteiger partial charge >= 0.3 is 11.9 Å². The molecule has 0 aliphatic carbocycles. The smallest absolute Gasteiger partial charge is 0.341 e. The van der Waals surface area contributed by atoms with Crippen molar-refractivity contribution in [3.63, 3.8) is 0 Å². The summed E-state index contributed by atoms with van der Waals surface area (Å²) in [6, 6.07) is 13.7. The summed E-state index contributed by atoms with van der Waals surface area (Å²) in [4.78, 5) is 29.0. The van der Waals surface area contributed by atoms with Crippen LogP contribution in [0.1, 0.15) is 0 Å². The van der Waals surface area contributed by atoms with E-state index in [-0.39, 0.29) is 0 Å². The van der Waals surface area contributed by atoms with Crippen molar-refractivity contribution in [1.29, 1.82) is 0 Å². The lowest BCUT2D eigenvalue weighted by Crippen LogP contribution is -2.09. The predicted octanol–water partition coefficient (Wildman–Crippen LogP) is 4.70. The SMILES string of the molecule is O=C(O)COc1ccc(Cl)c2cccnc12.O=C(O)COc1ccc(Cl)c2cccnc12. The molecule has 2 N–H and O–H groups in total. The third-order valence-electron chi connectivity index (χ3n) is 4.06. The van der Waals surface area contributed by atoms with Crippen LogP contribution in [0.2, 0.25) is 10.0 Å². The van der Waals surface area contributed by atoms with Crippen molar-refractivity contribution in [1.82, 2.24) is 9.97 Å². The van der Waals surface area contributed by atoms with E-state index < -0.39 is 25.2 Å². The van der Waals surface area contributed by atoms with Crippen molar-refractivity contribution >= 4 is 56.9 Å². The molecule has 164 valence electrons. The van der Waals surface area contributed by atoms with Gasteiger partial charge in [-0.15, -0.1) is 0 Å². The Morgan fingerprint density at radius 2 is 1.12 bits per heavy atom. The molecule has 4 rings (SSSR count). The number of ether oxygens (including phenoxy) is 2. The molecule has 0 unspecified atom stereocenters. The summed E-state index contributed by atoms with van der Waals surface area (Å²) in [6.45, 7) is -0.791. The first kappa shape index (κ1) is 23.1. The first-order valence-electron chi connectivity index (χ1n) is 9.12. The van der Waals surface area contributed by atoms with Gasteiger partial charge in [-0.2, -0.15) is 0 Å². The minimum absolute atomic E-state index is 0.396. The molecule has 0 saturated carbocycles. The van der Waals surface area contributed by atoms with Gasteiger partial charge in [0.15, 0.2) is 13.2 Å². The molecule has 0 spiro atoms. The molecule has 4 aromatic rings. The molecule has 0 radical (unpaired) electrons. The molecule has 0 fully saturated rings. The number of halogens is 2. The Morgan fingerprint density at radius 3 is 1.50 bits per heavy atom. The number of fused-ring (bicyclic) bond motifs is 2.